The van der Waals surface area contributed by atoms with E-state index in [4.69, 9.17) is 22.3 Å². The minimum Gasteiger partial charge on any atom is -0.398 e. The van der Waals surface area contributed by atoms with Gasteiger partial charge in [0.15, 0.2) is 0 Å². The second-order valence-corrected chi connectivity index (χ2v) is 6.99. The lowest BCUT2D eigenvalue weighted by molar-refractivity contribution is -0.111. The first-order valence-corrected chi connectivity index (χ1v) is 9.29. The fraction of sp³-hybridized carbons (Fsp3) is 0.182. The van der Waals surface area contributed by atoms with E-state index in [1.807, 2.05) is 36.4 Å². The smallest absolute Gasteiger partial charge is 0.248 e. The van der Waals surface area contributed by atoms with Crippen LogP contribution >= 0.6 is 11.6 Å². The molecule has 0 bridgehead atoms. The number of pyridine rings is 1. The van der Waals surface area contributed by atoms with Gasteiger partial charge in [0, 0.05) is 33.6 Å². The summed E-state index contributed by atoms with van der Waals surface area (Å²) in [5, 5.41) is 4.35. The van der Waals surface area contributed by atoms with Crippen LogP contribution in [0.15, 0.2) is 54.6 Å². The molecule has 0 aliphatic carbocycles. The molecule has 3 N–H and O–H groups in total. The number of fused-ring (bicyclic) bond motifs is 1. The summed E-state index contributed by atoms with van der Waals surface area (Å²) in [5.74, 6) is 0.140. The molecule has 138 valence electrons. The van der Waals surface area contributed by atoms with Crippen LogP contribution in [-0.4, -0.2) is 10.9 Å². The SMILES string of the molecule is CCC(C)c1cc(N)c2cc(NC(=O)/C=C/c3ccc(Cl)cc3)ccc2n1. The highest BCUT2D eigenvalue weighted by Gasteiger charge is 2.10. The first-order valence-electron chi connectivity index (χ1n) is 8.91. The maximum atomic E-state index is 12.2. The van der Waals surface area contributed by atoms with Gasteiger partial charge in [0.25, 0.3) is 0 Å². The average Bonchev–Trinajstić information content (AvgIpc) is 2.67. The number of carbonyl (C=O) groups excluding carboxylic acids is 1. The van der Waals surface area contributed by atoms with Gasteiger partial charge >= 0.3 is 0 Å². The van der Waals surface area contributed by atoms with Gasteiger partial charge in [0.05, 0.1) is 5.52 Å². The maximum absolute atomic E-state index is 12.2. The van der Waals surface area contributed by atoms with E-state index in [0.29, 0.717) is 22.3 Å². The van der Waals surface area contributed by atoms with E-state index in [9.17, 15) is 4.79 Å². The van der Waals surface area contributed by atoms with Crippen molar-refractivity contribution in [1.82, 2.24) is 4.98 Å². The van der Waals surface area contributed by atoms with Gasteiger partial charge in [-0.3, -0.25) is 9.78 Å². The Balaban J connectivity index is 1.77. The number of nitrogens with zero attached hydrogens (tertiary/aromatic N) is 1. The molecule has 0 aliphatic rings. The Kier molecular flexibility index (Phi) is 5.77. The number of rotatable bonds is 5. The number of benzene rings is 2. The van der Waals surface area contributed by atoms with Gasteiger partial charge in [-0.15, -0.1) is 0 Å². The van der Waals surface area contributed by atoms with E-state index < -0.39 is 0 Å². The molecule has 0 saturated carbocycles. The van der Waals surface area contributed by atoms with Crippen LogP contribution in [-0.2, 0) is 4.79 Å². The van der Waals surface area contributed by atoms with Crippen molar-refractivity contribution in [2.45, 2.75) is 26.2 Å². The number of hydrogen-bond acceptors (Lipinski definition) is 3. The third-order valence-electron chi connectivity index (χ3n) is 4.54. The summed E-state index contributed by atoms with van der Waals surface area (Å²) >= 11 is 5.86. The lowest BCUT2D eigenvalue weighted by atomic mass is 10.0. The lowest BCUT2D eigenvalue weighted by Crippen LogP contribution is -2.08. The van der Waals surface area contributed by atoms with Crippen LogP contribution < -0.4 is 11.1 Å². The van der Waals surface area contributed by atoms with Gasteiger partial charge in [-0.25, -0.2) is 0 Å². The molecular weight excluding hydrogens is 358 g/mol. The van der Waals surface area contributed by atoms with E-state index >= 15 is 0 Å². The van der Waals surface area contributed by atoms with Crippen LogP contribution in [0, 0.1) is 0 Å². The molecular formula is C22H22ClN3O. The number of carbonyl (C=O) groups is 1. The number of hydrogen-bond donors (Lipinski definition) is 2. The van der Waals surface area contributed by atoms with Gasteiger partial charge in [0.2, 0.25) is 5.91 Å². The molecule has 1 amide bonds. The second kappa shape index (κ2) is 8.23. The molecule has 4 nitrogen and oxygen atoms in total. The molecule has 1 unspecified atom stereocenters. The van der Waals surface area contributed by atoms with E-state index in [0.717, 1.165) is 28.6 Å². The summed E-state index contributed by atoms with van der Waals surface area (Å²) in [5.41, 5.74) is 10.3. The highest BCUT2D eigenvalue weighted by molar-refractivity contribution is 6.30. The topological polar surface area (TPSA) is 68.0 Å². The Morgan fingerprint density at radius 2 is 1.96 bits per heavy atom. The molecule has 0 saturated heterocycles. The van der Waals surface area contributed by atoms with Crippen molar-refractivity contribution < 1.29 is 4.79 Å². The quantitative estimate of drug-likeness (QED) is 0.564. The van der Waals surface area contributed by atoms with E-state index in [2.05, 4.69) is 19.2 Å². The van der Waals surface area contributed by atoms with Gasteiger partial charge in [-0.05, 0) is 60.4 Å². The Bertz CT molecular complexity index is 996. The molecule has 1 heterocycles. The molecule has 27 heavy (non-hydrogen) atoms. The van der Waals surface area contributed by atoms with E-state index in [-0.39, 0.29) is 5.91 Å². The van der Waals surface area contributed by atoms with Crippen molar-refractivity contribution in [3.05, 3.63) is 70.9 Å². The molecule has 3 rings (SSSR count). The summed E-state index contributed by atoms with van der Waals surface area (Å²) in [6.07, 6.45) is 4.23. The van der Waals surface area contributed by atoms with E-state index in [1.54, 1.807) is 18.2 Å². The van der Waals surface area contributed by atoms with Crippen LogP contribution in [0.5, 0.6) is 0 Å². The van der Waals surface area contributed by atoms with Crippen molar-refractivity contribution in [1.29, 1.82) is 0 Å². The fourth-order valence-corrected chi connectivity index (χ4v) is 2.87. The number of nitrogens with two attached hydrogens (primary N) is 1. The predicted molar refractivity (Wildman–Crippen MR) is 114 cm³/mol. The first-order chi connectivity index (χ1) is 13.0. The standard InChI is InChI=1S/C22H22ClN3O/c1-3-14(2)21-13-19(24)18-12-17(9-10-20(18)26-21)25-22(27)11-6-15-4-7-16(23)8-5-15/h4-14H,3H2,1-2H3,(H2,24,26)(H,25,27)/b11-6+. The highest BCUT2D eigenvalue weighted by Crippen LogP contribution is 2.27. The van der Waals surface area contributed by atoms with Crippen LogP contribution in [0.2, 0.25) is 5.02 Å². The predicted octanol–water partition coefficient (Wildman–Crippen LogP) is 5.64. The third-order valence-corrected chi connectivity index (χ3v) is 4.79. The first kappa shape index (κ1) is 18.9. The number of aromatic nitrogens is 1. The van der Waals surface area contributed by atoms with Crippen LogP contribution in [0.4, 0.5) is 11.4 Å². The summed E-state index contributed by atoms with van der Waals surface area (Å²) < 4.78 is 0. The zero-order chi connectivity index (χ0) is 19.4. The van der Waals surface area contributed by atoms with E-state index in [1.165, 1.54) is 6.08 Å². The third kappa shape index (κ3) is 4.66. The normalized spacial score (nSPS) is 12.4. The van der Waals surface area contributed by atoms with Crippen molar-refractivity contribution in [3.8, 4) is 0 Å². The number of amides is 1. The molecule has 1 atom stereocenters. The number of nitrogens with one attached hydrogen (secondary N) is 1. The molecule has 1 aromatic heterocycles. The largest absolute Gasteiger partial charge is 0.398 e. The van der Waals surface area contributed by atoms with Gasteiger partial charge < -0.3 is 11.1 Å². The number of anilines is 2. The highest BCUT2D eigenvalue weighted by atomic mass is 35.5. The zero-order valence-corrected chi connectivity index (χ0v) is 16.1. The molecule has 5 heteroatoms. The number of halogens is 1. The molecule has 0 radical (unpaired) electrons. The summed E-state index contributed by atoms with van der Waals surface area (Å²) in [6, 6.07) is 14.8. The minimum absolute atomic E-state index is 0.216. The summed E-state index contributed by atoms with van der Waals surface area (Å²) in [6.45, 7) is 4.26. The zero-order valence-electron chi connectivity index (χ0n) is 15.4. The number of nitrogen functional groups attached to an aromatic ring is 1. The summed E-state index contributed by atoms with van der Waals surface area (Å²) in [4.78, 5) is 16.9. The second-order valence-electron chi connectivity index (χ2n) is 6.55. The lowest BCUT2D eigenvalue weighted by Gasteiger charge is -2.12. The monoisotopic (exact) mass is 379 g/mol. The van der Waals surface area contributed by atoms with Gasteiger partial charge in [-0.2, -0.15) is 0 Å². The average molecular weight is 380 g/mol. The Morgan fingerprint density at radius 1 is 1.22 bits per heavy atom. The van der Waals surface area contributed by atoms with Crippen molar-refractivity contribution in [2.75, 3.05) is 11.1 Å². The van der Waals surface area contributed by atoms with Gasteiger partial charge in [-0.1, -0.05) is 37.6 Å². The van der Waals surface area contributed by atoms with Crippen LogP contribution in [0.1, 0.15) is 37.4 Å². The van der Waals surface area contributed by atoms with Gasteiger partial charge in [0.1, 0.15) is 0 Å². The summed E-state index contributed by atoms with van der Waals surface area (Å²) in [7, 11) is 0. The molecule has 0 spiro atoms. The Hall–Kier alpha value is -2.85. The van der Waals surface area contributed by atoms with Crippen molar-refractivity contribution in [2.24, 2.45) is 0 Å². The Morgan fingerprint density at radius 3 is 2.67 bits per heavy atom. The molecule has 0 aliphatic heterocycles. The Labute approximate surface area is 164 Å². The minimum atomic E-state index is -0.216. The molecule has 2 aromatic carbocycles. The fourth-order valence-electron chi connectivity index (χ4n) is 2.74. The molecule has 3 aromatic rings. The molecule has 0 fully saturated rings. The van der Waals surface area contributed by atoms with Crippen molar-refractivity contribution >= 4 is 45.9 Å². The maximum Gasteiger partial charge on any atom is 0.248 e. The van der Waals surface area contributed by atoms with Crippen LogP contribution in [0.25, 0.3) is 17.0 Å². The van der Waals surface area contributed by atoms with Crippen LogP contribution in [0.3, 0.4) is 0 Å². The van der Waals surface area contributed by atoms with Crippen molar-refractivity contribution in [3.63, 3.8) is 0 Å².